The van der Waals surface area contributed by atoms with Crippen molar-refractivity contribution in [1.82, 2.24) is 4.90 Å². The predicted octanol–water partition coefficient (Wildman–Crippen LogP) is 2.77. The number of amides is 2. The molecule has 0 spiro atoms. The number of nitrogens with one attached hydrogen (secondary N) is 1. The van der Waals surface area contributed by atoms with Crippen molar-refractivity contribution < 1.29 is 9.59 Å². The van der Waals surface area contributed by atoms with E-state index in [4.69, 9.17) is 5.73 Å². The van der Waals surface area contributed by atoms with Crippen LogP contribution in [0.25, 0.3) is 0 Å². The van der Waals surface area contributed by atoms with Crippen LogP contribution in [0.3, 0.4) is 0 Å². The van der Waals surface area contributed by atoms with Crippen LogP contribution in [0, 0.1) is 0 Å². The highest BCUT2D eigenvalue weighted by Crippen LogP contribution is 2.27. The lowest BCUT2D eigenvalue weighted by atomic mass is 9.82. The lowest BCUT2D eigenvalue weighted by Crippen LogP contribution is -2.52. The first-order valence-electron chi connectivity index (χ1n) is 8.50. The molecule has 23 heavy (non-hydrogen) atoms. The molecule has 0 bridgehead atoms. The van der Waals surface area contributed by atoms with Crippen LogP contribution in [0.15, 0.2) is 24.3 Å². The molecule has 2 rings (SSSR count). The summed E-state index contributed by atoms with van der Waals surface area (Å²) in [4.78, 5) is 26.4. The van der Waals surface area contributed by atoms with Crippen LogP contribution >= 0.6 is 0 Å². The van der Waals surface area contributed by atoms with E-state index in [2.05, 4.69) is 5.32 Å². The second-order valence-electron chi connectivity index (χ2n) is 6.23. The Balaban J connectivity index is 2.02. The van der Waals surface area contributed by atoms with Gasteiger partial charge in [-0.2, -0.15) is 0 Å². The van der Waals surface area contributed by atoms with E-state index < -0.39 is 5.54 Å². The van der Waals surface area contributed by atoms with E-state index in [-0.39, 0.29) is 11.8 Å². The molecule has 5 nitrogen and oxygen atoms in total. The predicted molar refractivity (Wildman–Crippen MR) is 92.3 cm³/mol. The van der Waals surface area contributed by atoms with Gasteiger partial charge in [-0.15, -0.1) is 0 Å². The van der Waals surface area contributed by atoms with E-state index in [1.807, 2.05) is 13.8 Å². The molecule has 0 saturated heterocycles. The van der Waals surface area contributed by atoms with Gasteiger partial charge in [0.05, 0.1) is 5.54 Å². The summed E-state index contributed by atoms with van der Waals surface area (Å²) in [5.74, 6) is -0.115. The summed E-state index contributed by atoms with van der Waals surface area (Å²) in [7, 11) is 0. The van der Waals surface area contributed by atoms with Crippen molar-refractivity contribution in [2.75, 3.05) is 18.4 Å². The Hall–Kier alpha value is -1.88. The Labute approximate surface area is 138 Å². The first kappa shape index (κ1) is 17.5. The van der Waals surface area contributed by atoms with Gasteiger partial charge in [0, 0.05) is 24.3 Å². The molecule has 126 valence electrons. The molecule has 1 fully saturated rings. The molecular weight excluding hydrogens is 290 g/mol. The van der Waals surface area contributed by atoms with Crippen LogP contribution in [-0.2, 0) is 4.79 Å². The van der Waals surface area contributed by atoms with E-state index in [0.717, 1.165) is 32.1 Å². The van der Waals surface area contributed by atoms with E-state index in [0.29, 0.717) is 24.3 Å². The van der Waals surface area contributed by atoms with Gasteiger partial charge in [0.15, 0.2) is 0 Å². The summed E-state index contributed by atoms with van der Waals surface area (Å²) in [6, 6.07) is 7.03. The molecule has 0 heterocycles. The number of benzene rings is 1. The Morgan fingerprint density at radius 1 is 1.09 bits per heavy atom. The zero-order valence-corrected chi connectivity index (χ0v) is 14.1. The second-order valence-corrected chi connectivity index (χ2v) is 6.23. The number of carbonyl (C=O) groups is 2. The number of hydrogen-bond acceptors (Lipinski definition) is 3. The van der Waals surface area contributed by atoms with Gasteiger partial charge in [0.25, 0.3) is 5.91 Å². The highest BCUT2D eigenvalue weighted by atomic mass is 16.2. The van der Waals surface area contributed by atoms with Crippen molar-refractivity contribution in [2.24, 2.45) is 5.73 Å². The molecule has 1 aromatic rings. The largest absolute Gasteiger partial charge is 0.339 e. The first-order chi connectivity index (χ1) is 11.0. The molecule has 0 atom stereocenters. The zero-order valence-electron chi connectivity index (χ0n) is 14.1. The number of anilines is 1. The standard InChI is InChI=1S/C18H27N3O2/c1-3-21(4-2)16(22)14-8-10-15(11-9-14)20-17(23)18(19)12-6-5-7-13-18/h8-11H,3-7,12-13,19H2,1-2H3,(H,20,23). The van der Waals surface area contributed by atoms with Crippen LogP contribution < -0.4 is 11.1 Å². The van der Waals surface area contributed by atoms with Gasteiger partial charge in [0.2, 0.25) is 5.91 Å². The van der Waals surface area contributed by atoms with Crippen LogP contribution in [0.4, 0.5) is 5.69 Å². The summed E-state index contributed by atoms with van der Waals surface area (Å²) in [5.41, 5.74) is 6.79. The molecule has 5 heteroatoms. The number of hydrogen-bond donors (Lipinski definition) is 2. The lowest BCUT2D eigenvalue weighted by molar-refractivity contribution is -0.122. The molecule has 0 aromatic heterocycles. The van der Waals surface area contributed by atoms with Crippen molar-refractivity contribution in [1.29, 1.82) is 0 Å². The van der Waals surface area contributed by atoms with Gasteiger partial charge >= 0.3 is 0 Å². The smallest absolute Gasteiger partial charge is 0.253 e. The van der Waals surface area contributed by atoms with Crippen LogP contribution in [0.1, 0.15) is 56.3 Å². The molecular formula is C18H27N3O2. The molecule has 0 unspecified atom stereocenters. The SMILES string of the molecule is CCN(CC)C(=O)c1ccc(NC(=O)C2(N)CCCCC2)cc1. The van der Waals surface area contributed by atoms with Gasteiger partial charge in [-0.25, -0.2) is 0 Å². The third-order valence-electron chi connectivity index (χ3n) is 4.64. The fourth-order valence-corrected chi connectivity index (χ4v) is 3.05. The van der Waals surface area contributed by atoms with Crippen molar-refractivity contribution in [3.05, 3.63) is 29.8 Å². The summed E-state index contributed by atoms with van der Waals surface area (Å²) in [6.45, 7) is 5.29. The van der Waals surface area contributed by atoms with Crippen molar-refractivity contribution >= 4 is 17.5 Å². The van der Waals surface area contributed by atoms with E-state index >= 15 is 0 Å². The second kappa shape index (κ2) is 7.59. The summed E-state index contributed by atoms with van der Waals surface area (Å²) >= 11 is 0. The normalized spacial score (nSPS) is 16.7. The average molecular weight is 317 g/mol. The van der Waals surface area contributed by atoms with E-state index in [1.165, 1.54) is 0 Å². The Bertz CT molecular complexity index is 544. The number of nitrogens with zero attached hydrogens (tertiary/aromatic N) is 1. The van der Waals surface area contributed by atoms with Gasteiger partial charge in [-0.3, -0.25) is 9.59 Å². The molecule has 0 aliphatic heterocycles. The van der Waals surface area contributed by atoms with Crippen molar-refractivity contribution in [3.63, 3.8) is 0 Å². The van der Waals surface area contributed by atoms with E-state index in [1.54, 1.807) is 29.2 Å². The first-order valence-corrected chi connectivity index (χ1v) is 8.50. The molecule has 3 N–H and O–H groups in total. The summed E-state index contributed by atoms with van der Waals surface area (Å²) < 4.78 is 0. The molecule has 1 aliphatic carbocycles. The third-order valence-corrected chi connectivity index (χ3v) is 4.64. The zero-order chi connectivity index (χ0) is 16.9. The average Bonchev–Trinajstić information content (AvgIpc) is 2.57. The maximum atomic E-state index is 12.4. The minimum Gasteiger partial charge on any atom is -0.339 e. The fourth-order valence-electron chi connectivity index (χ4n) is 3.05. The van der Waals surface area contributed by atoms with Gasteiger partial charge in [0.1, 0.15) is 0 Å². The Morgan fingerprint density at radius 3 is 2.17 bits per heavy atom. The molecule has 0 radical (unpaired) electrons. The number of nitrogens with two attached hydrogens (primary N) is 1. The number of carbonyl (C=O) groups excluding carboxylic acids is 2. The minimum atomic E-state index is -0.756. The van der Waals surface area contributed by atoms with Gasteiger partial charge in [-0.1, -0.05) is 19.3 Å². The maximum Gasteiger partial charge on any atom is 0.253 e. The third kappa shape index (κ3) is 4.10. The van der Waals surface area contributed by atoms with Crippen LogP contribution in [0.5, 0.6) is 0 Å². The molecule has 1 saturated carbocycles. The maximum absolute atomic E-state index is 12.4. The Morgan fingerprint density at radius 2 is 1.65 bits per heavy atom. The van der Waals surface area contributed by atoms with Crippen LogP contribution in [0.2, 0.25) is 0 Å². The number of rotatable bonds is 5. The quantitative estimate of drug-likeness (QED) is 0.877. The summed E-state index contributed by atoms with van der Waals surface area (Å²) in [5, 5.41) is 2.89. The molecule has 2 amide bonds. The van der Waals surface area contributed by atoms with Gasteiger partial charge < -0.3 is 16.0 Å². The van der Waals surface area contributed by atoms with Crippen molar-refractivity contribution in [3.8, 4) is 0 Å². The summed E-state index contributed by atoms with van der Waals surface area (Å²) in [6.07, 6.45) is 4.62. The van der Waals surface area contributed by atoms with Crippen molar-refractivity contribution in [2.45, 2.75) is 51.5 Å². The van der Waals surface area contributed by atoms with E-state index in [9.17, 15) is 9.59 Å². The minimum absolute atomic E-state index is 0.00968. The monoisotopic (exact) mass is 317 g/mol. The van der Waals surface area contributed by atoms with Gasteiger partial charge in [-0.05, 0) is 51.0 Å². The lowest BCUT2D eigenvalue weighted by Gasteiger charge is -2.31. The van der Waals surface area contributed by atoms with Crippen LogP contribution in [-0.4, -0.2) is 35.3 Å². The highest BCUT2D eigenvalue weighted by Gasteiger charge is 2.35. The Kier molecular flexibility index (Phi) is 5.77. The topological polar surface area (TPSA) is 75.4 Å². The molecule has 1 aromatic carbocycles. The molecule has 1 aliphatic rings. The fraction of sp³-hybridized carbons (Fsp3) is 0.556. The highest BCUT2D eigenvalue weighted by molar-refractivity contribution is 5.99.